The first-order valence-electron chi connectivity index (χ1n) is 5.36. The highest BCUT2D eigenvalue weighted by Gasteiger charge is 2.10. The molecule has 0 unspecified atom stereocenters. The molecule has 0 aliphatic heterocycles. The van der Waals surface area contributed by atoms with Gasteiger partial charge in [0.05, 0.1) is 0 Å². The molecule has 84 valence electrons. The molecule has 0 amide bonds. The molecule has 17 heavy (non-hydrogen) atoms. The monoisotopic (exact) mass is 243 g/mol. The van der Waals surface area contributed by atoms with Crippen LogP contribution >= 0.6 is 11.6 Å². The number of halogens is 1. The molecule has 0 radical (unpaired) electrons. The zero-order chi connectivity index (χ0) is 11.8. The summed E-state index contributed by atoms with van der Waals surface area (Å²) in [5, 5.41) is 0.683. The molecule has 0 saturated heterocycles. The average Bonchev–Trinajstić information content (AvgIpc) is 2.74. The summed E-state index contributed by atoms with van der Waals surface area (Å²) in [6, 6.07) is 13.5. The third-order valence-electron chi connectivity index (χ3n) is 2.66. The van der Waals surface area contributed by atoms with Crippen LogP contribution in [0.5, 0.6) is 0 Å². The van der Waals surface area contributed by atoms with Crippen molar-refractivity contribution in [3.05, 3.63) is 53.1 Å². The molecule has 0 bridgehead atoms. The SMILES string of the molecule is Cc1cc(Cl)cc2nc(-c3ccccc3)oc12. The van der Waals surface area contributed by atoms with E-state index in [9.17, 15) is 0 Å². The van der Waals surface area contributed by atoms with Gasteiger partial charge in [-0.2, -0.15) is 0 Å². The van der Waals surface area contributed by atoms with Crippen LogP contribution in [-0.2, 0) is 0 Å². The smallest absolute Gasteiger partial charge is 0.227 e. The Morgan fingerprint density at radius 3 is 2.65 bits per heavy atom. The predicted octanol–water partition coefficient (Wildman–Crippen LogP) is 4.46. The summed E-state index contributed by atoms with van der Waals surface area (Å²) < 4.78 is 5.77. The maximum atomic E-state index is 6.00. The summed E-state index contributed by atoms with van der Waals surface area (Å²) >= 11 is 6.00. The van der Waals surface area contributed by atoms with Crippen LogP contribution in [0.3, 0.4) is 0 Å². The Bertz CT molecular complexity index is 673. The molecule has 0 spiro atoms. The Kier molecular flexibility index (Phi) is 2.37. The van der Waals surface area contributed by atoms with Gasteiger partial charge in [-0.3, -0.25) is 0 Å². The summed E-state index contributed by atoms with van der Waals surface area (Å²) in [6.45, 7) is 1.97. The van der Waals surface area contributed by atoms with Gasteiger partial charge in [-0.1, -0.05) is 29.8 Å². The van der Waals surface area contributed by atoms with Crippen molar-refractivity contribution in [1.29, 1.82) is 0 Å². The van der Waals surface area contributed by atoms with Gasteiger partial charge in [-0.25, -0.2) is 4.98 Å². The van der Waals surface area contributed by atoms with E-state index in [2.05, 4.69) is 4.98 Å². The average molecular weight is 244 g/mol. The zero-order valence-corrected chi connectivity index (χ0v) is 10.0. The number of rotatable bonds is 1. The van der Waals surface area contributed by atoms with Crippen molar-refractivity contribution in [2.45, 2.75) is 6.92 Å². The molecule has 0 fully saturated rings. The Labute approximate surface area is 104 Å². The Morgan fingerprint density at radius 1 is 1.12 bits per heavy atom. The first-order chi connectivity index (χ1) is 8.24. The number of aromatic nitrogens is 1. The van der Waals surface area contributed by atoms with Gasteiger partial charge in [0, 0.05) is 10.6 Å². The number of hydrogen-bond donors (Lipinski definition) is 0. The van der Waals surface area contributed by atoms with E-state index in [1.807, 2.05) is 49.4 Å². The minimum absolute atomic E-state index is 0.631. The lowest BCUT2D eigenvalue weighted by molar-refractivity contribution is 0.617. The van der Waals surface area contributed by atoms with Gasteiger partial charge in [-0.15, -0.1) is 0 Å². The summed E-state index contributed by atoms with van der Waals surface area (Å²) in [4.78, 5) is 4.45. The second-order valence-corrected chi connectivity index (χ2v) is 4.39. The summed E-state index contributed by atoms with van der Waals surface area (Å²) in [5.74, 6) is 0.631. The van der Waals surface area contributed by atoms with E-state index in [1.165, 1.54) is 0 Å². The predicted molar refractivity (Wildman–Crippen MR) is 69.2 cm³/mol. The lowest BCUT2D eigenvalue weighted by Crippen LogP contribution is -1.75. The Balaban J connectivity index is 2.24. The third kappa shape index (κ3) is 1.81. The van der Waals surface area contributed by atoms with E-state index in [4.69, 9.17) is 16.0 Å². The lowest BCUT2D eigenvalue weighted by Gasteiger charge is -1.94. The van der Waals surface area contributed by atoms with Gasteiger partial charge in [0.15, 0.2) is 5.58 Å². The fraction of sp³-hybridized carbons (Fsp3) is 0.0714. The molecule has 2 nitrogen and oxygen atoms in total. The molecule has 0 aliphatic rings. The second-order valence-electron chi connectivity index (χ2n) is 3.96. The van der Waals surface area contributed by atoms with Gasteiger partial charge in [0.2, 0.25) is 5.89 Å². The van der Waals surface area contributed by atoms with E-state index < -0.39 is 0 Å². The van der Waals surface area contributed by atoms with E-state index in [1.54, 1.807) is 0 Å². The lowest BCUT2D eigenvalue weighted by atomic mass is 10.2. The van der Waals surface area contributed by atoms with Crippen LogP contribution in [-0.4, -0.2) is 4.98 Å². The van der Waals surface area contributed by atoms with E-state index >= 15 is 0 Å². The van der Waals surface area contributed by atoms with Crippen LogP contribution in [0.15, 0.2) is 46.9 Å². The van der Waals surface area contributed by atoms with Crippen molar-refractivity contribution in [3.8, 4) is 11.5 Å². The molecular formula is C14H10ClNO. The van der Waals surface area contributed by atoms with E-state index in [0.29, 0.717) is 10.9 Å². The van der Waals surface area contributed by atoms with Crippen molar-refractivity contribution in [2.24, 2.45) is 0 Å². The Morgan fingerprint density at radius 2 is 1.88 bits per heavy atom. The topological polar surface area (TPSA) is 26.0 Å². The van der Waals surface area contributed by atoms with Crippen LogP contribution in [0.25, 0.3) is 22.6 Å². The molecule has 0 N–H and O–H groups in total. The first kappa shape index (κ1) is 10.4. The van der Waals surface area contributed by atoms with Gasteiger partial charge in [-0.05, 0) is 36.8 Å². The van der Waals surface area contributed by atoms with Crippen molar-refractivity contribution >= 4 is 22.7 Å². The Hall–Kier alpha value is -1.80. The number of oxazole rings is 1. The fourth-order valence-electron chi connectivity index (χ4n) is 1.86. The van der Waals surface area contributed by atoms with Gasteiger partial charge in [0.1, 0.15) is 5.52 Å². The molecule has 2 aromatic carbocycles. The van der Waals surface area contributed by atoms with E-state index in [0.717, 1.165) is 22.2 Å². The number of hydrogen-bond acceptors (Lipinski definition) is 2. The third-order valence-corrected chi connectivity index (χ3v) is 2.88. The van der Waals surface area contributed by atoms with Crippen LogP contribution in [0.1, 0.15) is 5.56 Å². The maximum Gasteiger partial charge on any atom is 0.227 e. The number of benzene rings is 2. The molecule has 0 saturated carbocycles. The van der Waals surface area contributed by atoms with Gasteiger partial charge >= 0.3 is 0 Å². The van der Waals surface area contributed by atoms with Gasteiger partial charge < -0.3 is 4.42 Å². The largest absolute Gasteiger partial charge is 0.436 e. The van der Waals surface area contributed by atoms with Crippen molar-refractivity contribution in [2.75, 3.05) is 0 Å². The molecular weight excluding hydrogens is 234 g/mol. The van der Waals surface area contributed by atoms with Crippen LogP contribution in [0, 0.1) is 6.92 Å². The van der Waals surface area contributed by atoms with Crippen molar-refractivity contribution < 1.29 is 4.42 Å². The van der Waals surface area contributed by atoms with Crippen LogP contribution in [0.2, 0.25) is 5.02 Å². The van der Waals surface area contributed by atoms with E-state index in [-0.39, 0.29) is 0 Å². The minimum Gasteiger partial charge on any atom is -0.436 e. The number of fused-ring (bicyclic) bond motifs is 1. The maximum absolute atomic E-state index is 6.00. The molecule has 0 aliphatic carbocycles. The zero-order valence-electron chi connectivity index (χ0n) is 9.27. The highest BCUT2D eigenvalue weighted by molar-refractivity contribution is 6.31. The van der Waals surface area contributed by atoms with Crippen molar-refractivity contribution in [1.82, 2.24) is 4.98 Å². The molecule has 3 rings (SSSR count). The fourth-order valence-corrected chi connectivity index (χ4v) is 2.13. The summed E-state index contributed by atoms with van der Waals surface area (Å²) in [5.41, 5.74) is 3.57. The molecule has 0 atom stereocenters. The highest BCUT2D eigenvalue weighted by atomic mass is 35.5. The van der Waals surface area contributed by atoms with Crippen molar-refractivity contribution in [3.63, 3.8) is 0 Å². The highest BCUT2D eigenvalue weighted by Crippen LogP contribution is 2.28. The van der Waals surface area contributed by atoms with Gasteiger partial charge in [0.25, 0.3) is 0 Å². The number of nitrogens with zero attached hydrogens (tertiary/aromatic N) is 1. The second kappa shape index (κ2) is 3.90. The van der Waals surface area contributed by atoms with Crippen LogP contribution in [0.4, 0.5) is 0 Å². The number of aryl methyl sites for hydroxylation is 1. The molecule has 3 heteroatoms. The molecule has 1 heterocycles. The molecule has 1 aromatic heterocycles. The molecule has 3 aromatic rings. The minimum atomic E-state index is 0.631. The quantitative estimate of drug-likeness (QED) is 0.631. The standard InChI is InChI=1S/C14H10ClNO/c1-9-7-11(15)8-12-13(9)17-14(16-12)10-5-3-2-4-6-10/h2-8H,1H3. The summed E-state index contributed by atoms with van der Waals surface area (Å²) in [7, 11) is 0. The summed E-state index contributed by atoms with van der Waals surface area (Å²) in [6.07, 6.45) is 0. The normalized spacial score (nSPS) is 10.9. The van der Waals surface area contributed by atoms with Crippen LogP contribution < -0.4 is 0 Å². The first-order valence-corrected chi connectivity index (χ1v) is 5.74.